The number of rotatable bonds is 6. The van der Waals surface area contributed by atoms with Crippen molar-refractivity contribution >= 4 is 21.6 Å². The normalized spacial score (nSPS) is 15.1. The summed E-state index contributed by atoms with van der Waals surface area (Å²) in [4.78, 5) is 31.9. The van der Waals surface area contributed by atoms with Gasteiger partial charge < -0.3 is 15.0 Å². The van der Waals surface area contributed by atoms with Crippen LogP contribution in [0.3, 0.4) is 0 Å². The number of nitrogens with zero attached hydrogens (tertiary/aromatic N) is 2. The molecule has 1 aromatic heterocycles. The Labute approximate surface area is 204 Å². The monoisotopic (exact) mass is 496 g/mol. The van der Waals surface area contributed by atoms with Crippen LogP contribution in [0.5, 0.6) is 5.75 Å². The van der Waals surface area contributed by atoms with Crippen molar-refractivity contribution in [3.63, 3.8) is 0 Å². The summed E-state index contributed by atoms with van der Waals surface area (Å²) in [6.07, 6.45) is 0.817. The predicted molar refractivity (Wildman–Crippen MR) is 133 cm³/mol. The minimum absolute atomic E-state index is 0.141. The molecule has 0 saturated carbocycles. The Morgan fingerprint density at radius 1 is 1.11 bits per heavy atom. The molecule has 2 heterocycles. The summed E-state index contributed by atoms with van der Waals surface area (Å²) in [5.74, 6) is 0.246. The SMILES string of the molecule is COc1ccc(C)cc1S(=O)(=O)N1CCC(C(=O)Nc2cccc(-c3nc(C)cc(=O)[nH]3)c2)CC1. The van der Waals surface area contributed by atoms with Crippen LogP contribution in [0.15, 0.2) is 58.2 Å². The van der Waals surface area contributed by atoms with E-state index >= 15 is 0 Å². The lowest BCUT2D eigenvalue weighted by atomic mass is 9.97. The molecule has 0 radical (unpaired) electrons. The minimum atomic E-state index is -3.74. The Bertz CT molecular complexity index is 1410. The fourth-order valence-corrected chi connectivity index (χ4v) is 5.90. The molecular weight excluding hydrogens is 468 g/mol. The fraction of sp³-hybridized carbons (Fsp3) is 0.320. The number of H-pyrrole nitrogens is 1. The van der Waals surface area contributed by atoms with Crippen molar-refractivity contribution in [2.45, 2.75) is 31.6 Å². The smallest absolute Gasteiger partial charge is 0.251 e. The molecule has 1 fully saturated rings. The molecule has 0 atom stereocenters. The number of anilines is 1. The Morgan fingerprint density at radius 3 is 2.54 bits per heavy atom. The van der Waals surface area contributed by atoms with Gasteiger partial charge in [0.1, 0.15) is 16.5 Å². The van der Waals surface area contributed by atoms with Crippen molar-refractivity contribution in [3.05, 3.63) is 70.1 Å². The van der Waals surface area contributed by atoms with Crippen molar-refractivity contribution in [2.24, 2.45) is 5.92 Å². The van der Waals surface area contributed by atoms with Crippen LogP contribution in [0.4, 0.5) is 5.69 Å². The van der Waals surface area contributed by atoms with E-state index in [1.54, 1.807) is 49.4 Å². The topological polar surface area (TPSA) is 121 Å². The maximum absolute atomic E-state index is 13.2. The second kappa shape index (κ2) is 10.0. The first kappa shape index (κ1) is 24.6. The molecule has 9 nitrogen and oxygen atoms in total. The van der Waals surface area contributed by atoms with E-state index in [9.17, 15) is 18.0 Å². The van der Waals surface area contributed by atoms with Gasteiger partial charge in [-0.2, -0.15) is 4.31 Å². The molecule has 1 aliphatic heterocycles. The lowest BCUT2D eigenvalue weighted by Crippen LogP contribution is -2.41. The number of carbonyl (C=O) groups excluding carboxylic acids is 1. The highest BCUT2D eigenvalue weighted by atomic mass is 32.2. The van der Waals surface area contributed by atoms with Gasteiger partial charge in [0, 0.05) is 42.0 Å². The number of amides is 1. The second-order valence-corrected chi connectivity index (χ2v) is 10.5. The highest BCUT2D eigenvalue weighted by Crippen LogP contribution is 2.31. The van der Waals surface area contributed by atoms with Crippen molar-refractivity contribution in [1.82, 2.24) is 14.3 Å². The third kappa shape index (κ3) is 5.44. The average molecular weight is 497 g/mol. The number of ether oxygens (including phenoxy) is 1. The van der Waals surface area contributed by atoms with Crippen molar-refractivity contribution in [1.29, 1.82) is 0 Å². The summed E-state index contributed by atoms with van der Waals surface area (Å²) in [7, 11) is -2.29. The molecule has 0 aliphatic carbocycles. The molecule has 1 saturated heterocycles. The third-order valence-corrected chi connectivity index (χ3v) is 7.95. The molecule has 0 spiro atoms. The van der Waals surface area contributed by atoms with Crippen LogP contribution in [0.1, 0.15) is 24.1 Å². The summed E-state index contributed by atoms with van der Waals surface area (Å²) < 4.78 is 33.1. The Morgan fingerprint density at radius 2 is 1.86 bits per heavy atom. The van der Waals surface area contributed by atoms with Gasteiger partial charge >= 0.3 is 0 Å². The first-order valence-electron chi connectivity index (χ1n) is 11.3. The Hall–Kier alpha value is -3.50. The number of methoxy groups -OCH3 is 1. The number of benzene rings is 2. The van der Waals surface area contributed by atoms with Crippen LogP contribution in [0.2, 0.25) is 0 Å². The van der Waals surface area contributed by atoms with Crippen LogP contribution in [-0.2, 0) is 14.8 Å². The van der Waals surface area contributed by atoms with E-state index in [1.807, 2.05) is 6.92 Å². The highest BCUT2D eigenvalue weighted by Gasteiger charge is 2.33. The van der Waals surface area contributed by atoms with E-state index in [4.69, 9.17) is 4.74 Å². The van der Waals surface area contributed by atoms with E-state index in [-0.39, 0.29) is 35.4 Å². The van der Waals surface area contributed by atoms with E-state index in [2.05, 4.69) is 15.3 Å². The fourth-order valence-electron chi connectivity index (χ4n) is 4.19. The highest BCUT2D eigenvalue weighted by molar-refractivity contribution is 7.89. The Balaban J connectivity index is 1.43. The zero-order valence-corrected chi connectivity index (χ0v) is 20.7. The summed E-state index contributed by atoms with van der Waals surface area (Å²) in [6, 6.07) is 13.6. The molecule has 10 heteroatoms. The first-order chi connectivity index (χ1) is 16.7. The Kier molecular flexibility index (Phi) is 7.04. The number of sulfonamides is 1. The van der Waals surface area contributed by atoms with Crippen LogP contribution < -0.4 is 15.6 Å². The first-order valence-corrected chi connectivity index (χ1v) is 12.8. The summed E-state index contributed by atoms with van der Waals surface area (Å²) in [6.45, 7) is 4.06. The third-order valence-electron chi connectivity index (χ3n) is 6.03. The molecule has 2 N–H and O–H groups in total. The molecule has 1 aliphatic rings. The minimum Gasteiger partial charge on any atom is -0.495 e. The number of aryl methyl sites for hydroxylation is 2. The van der Waals surface area contributed by atoms with Gasteiger partial charge in [-0.15, -0.1) is 0 Å². The lowest BCUT2D eigenvalue weighted by molar-refractivity contribution is -0.120. The number of hydrogen-bond donors (Lipinski definition) is 2. The number of aromatic nitrogens is 2. The van der Waals surface area contributed by atoms with Gasteiger partial charge in [0.25, 0.3) is 5.56 Å². The largest absolute Gasteiger partial charge is 0.495 e. The number of aromatic amines is 1. The molecule has 4 rings (SSSR count). The van der Waals surface area contributed by atoms with Gasteiger partial charge in [-0.05, 0) is 56.5 Å². The zero-order valence-electron chi connectivity index (χ0n) is 19.9. The number of piperidine rings is 1. The molecular formula is C25H28N4O5S. The number of hydrogen-bond acceptors (Lipinski definition) is 6. The van der Waals surface area contributed by atoms with Crippen LogP contribution >= 0.6 is 0 Å². The zero-order chi connectivity index (χ0) is 25.2. The molecule has 0 unspecified atom stereocenters. The quantitative estimate of drug-likeness (QED) is 0.541. The molecule has 2 aromatic carbocycles. The van der Waals surface area contributed by atoms with Gasteiger partial charge in [0.2, 0.25) is 15.9 Å². The summed E-state index contributed by atoms with van der Waals surface area (Å²) in [5, 5.41) is 2.92. The van der Waals surface area contributed by atoms with E-state index < -0.39 is 10.0 Å². The van der Waals surface area contributed by atoms with Gasteiger partial charge in [0.05, 0.1) is 7.11 Å². The molecule has 184 valence electrons. The number of carbonyl (C=O) groups is 1. The number of nitrogens with one attached hydrogen (secondary N) is 2. The maximum atomic E-state index is 13.2. The predicted octanol–water partition coefficient (Wildman–Crippen LogP) is 3.10. The van der Waals surface area contributed by atoms with Crippen LogP contribution in [0.25, 0.3) is 11.4 Å². The van der Waals surface area contributed by atoms with Crippen molar-refractivity contribution in [2.75, 3.05) is 25.5 Å². The van der Waals surface area contributed by atoms with Crippen LogP contribution in [0, 0.1) is 19.8 Å². The molecule has 1 amide bonds. The van der Waals surface area contributed by atoms with Gasteiger partial charge in [-0.3, -0.25) is 9.59 Å². The molecule has 35 heavy (non-hydrogen) atoms. The average Bonchev–Trinajstić information content (AvgIpc) is 2.83. The van der Waals surface area contributed by atoms with Gasteiger partial charge in [0.15, 0.2) is 0 Å². The van der Waals surface area contributed by atoms with E-state index in [0.29, 0.717) is 41.4 Å². The summed E-state index contributed by atoms with van der Waals surface area (Å²) >= 11 is 0. The second-order valence-electron chi connectivity index (χ2n) is 8.64. The maximum Gasteiger partial charge on any atom is 0.251 e. The van der Waals surface area contributed by atoms with E-state index in [1.165, 1.54) is 17.5 Å². The van der Waals surface area contributed by atoms with Gasteiger partial charge in [-0.1, -0.05) is 18.2 Å². The van der Waals surface area contributed by atoms with E-state index in [0.717, 1.165) is 5.56 Å². The lowest BCUT2D eigenvalue weighted by Gasteiger charge is -2.31. The van der Waals surface area contributed by atoms with Crippen LogP contribution in [-0.4, -0.2) is 48.8 Å². The summed E-state index contributed by atoms with van der Waals surface area (Å²) in [5.41, 5.74) is 2.44. The van der Waals surface area contributed by atoms with Gasteiger partial charge in [-0.25, -0.2) is 13.4 Å². The van der Waals surface area contributed by atoms with Crippen molar-refractivity contribution < 1.29 is 17.9 Å². The standard InChI is InChI=1S/C25H28N4O5S/c1-16-7-8-21(34-3)22(13-16)35(32,33)29-11-9-18(10-12-29)25(31)27-20-6-4-5-19(15-20)24-26-17(2)14-23(30)28-24/h4-8,13-15,18H,9-12H2,1-3H3,(H,27,31)(H,26,28,30). The van der Waals surface area contributed by atoms with Crippen molar-refractivity contribution in [3.8, 4) is 17.1 Å². The molecule has 0 bridgehead atoms. The molecule has 3 aromatic rings.